The number of methoxy groups -OCH3 is 1. The largest absolute Gasteiger partial charge is 0.497 e. The maximum absolute atomic E-state index is 12.2. The Kier molecular flexibility index (Phi) is 6.34. The molecule has 3 atom stereocenters. The maximum atomic E-state index is 12.2. The number of ether oxygens (including phenoxy) is 1. The van der Waals surface area contributed by atoms with Crippen LogP contribution in [-0.4, -0.2) is 52.6 Å². The number of halogens is 2. The van der Waals surface area contributed by atoms with E-state index >= 15 is 0 Å². The molecule has 2 N–H and O–H groups in total. The van der Waals surface area contributed by atoms with Crippen molar-refractivity contribution in [3.05, 3.63) is 87.9 Å². The first-order chi connectivity index (χ1) is 16.8. The van der Waals surface area contributed by atoms with E-state index in [1.807, 2.05) is 59.5 Å². The summed E-state index contributed by atoms with van der Waals surface area (Å²) in [6.07, 6.45) is 1.70. The first-order valence-corrected chi connectivity index (χ1v) is 13.4. The van der Waals surface area contributed by atoms with Crippen LogP contribution >= 0.6 is 23.2 Å². The summed E-state index contributed by atoms with van der Waals surface area (Å²) in [6.45, 7) is 0.942. The van der Waals surface area contributed by atoms with Crippen molar-refractivity contribution < 1.29 is 8.95 Å². The minimum absolute atomic E-state index is 0.112. The third-order valence-electron chi connectivity index (χ3n) is 6.42. The minimum atomic E-state index is -1.03. The molecule has 3 unspecified atom stereocenters. The molecule has 0 aromatic heterocycles. The average molecular weight is 527 g/mol. The van der Waals surface area contributed by atoms with Gasteiger partial charge in [0.2, 0.25) is 0 Å². The van der Waals surface area contributed by atoms with Crippen LogP contribution in [0.1, 0.15) is 11.1 Å². The van der Waals surface area contributed by atoms with Crippen LogP contribution < -0.4 is 10.5 Å². The maximum Gasteiger partial charge on any atom is 0.198 e. The zero-order valence-electron chi connectivity index (χ0n) is 19.2. The van der Waals surface area contributed by atoms with Crippen molar-refractivity contribution in [1.29, 1.82) is 0 Å². The standard InChI is InChI=1S/C26H24Cl2N4O2S/c1-34-22-8-6-18(7-9-22)26(24-30-14-23(35(2)33)15-32(24)25(29)31-26)19-5-3-4-16(10-19)17-11-20(27)13-21(28)12-17/h3-13,23H,14-15H2,1-2H3,(H2,29,31). The monoisotopic (exact) mass is 526 g/mol. The number of nitrogens with two attached hydrogens (primary N) is 1. The number of benzene rings is 3. The van der Waals surface area contributed by atoms with Crippen LogP contribution in [0.2, 0.25) is 10.0 Å². The normalized spacial score (nSPS) is 22.3. The minimum Gasteiger partial charge on any atom is -0.497 e. The zero-order chi connectivity index (χ0) is 24.7. The van der Waals surface area contributed by atoms with E-state index in [0.29, 0.717) is 29.1 Å². The Morgan fingerprint density at radius 2 is 1.74 bits per heavy atom. The van der Waals surface area contributed by atoms with Crippen LogP contribution in [0, 0.1) is 0 Å². The van der Waals surface area contributed by atoms with E-state index < -0.39 is 16.3 Å². The third-order valence-corrected chi connectivity index (χ3v) is 8.10. The number of hydrogen-bond acceptors (Lipinski definition) is 6. The van der Waals surface area contributed by atoms with Gasteiger partial charge in [-0.3, -0.25) is 14.1 Å². The molecule has 2 aliphatic rings. The first-order valence-electron chi connectivity index (χ1n) is 11.0. The second kappa shape index (κ2) is 9.30. The van der Waals surface area contributed by atoms with Crippen LogP contribution in [0.15, 0.2) is 76.7 Å². The van der Waals surface area contributed by atoms with Gasteiger partial charge in [-0.15, -0.1) is 0 Å². The zero-order valence-corrected chi connectivity index (χ0v) is 21.6. The molecule has 0 saturated heterocycles. The summed E-state index contributed by atoms with van der Waals surface area (Å²) in [5, 5.41) is 1.01. The Balaban J connectivity index is 1.71. The van der Waals surface area contributed by atoms with E-state index in [4.69, 9.17) is 43.7 Å². The second-order valence-corrected chi connectivity index (χ2v) is 11.1. The highest BCUT2D eigenvalue weighted by atomic mass is 35.5. The molecule has 180 valence electrons. The molecule has 0 radical (unpaired) electrons. The number of rotatable bonds is 5. The van der Waals surface area contributed by atoms with Gasteiger partial charge >= 0.3 is 0 Å². The fraction of sp³-hybridized carbons (Fsp3) is 0.231. The molecule has 5 rings (SSSR count). The van der Waals surface area contributed by atoms with Crippen molar-refractivity contribution >= 4 is 45.8 Å². The summed E-state index contributed by atoms with van der Waals surface area (Å²) in [4.78, 5) is 11.8. The molecule has 9 heteroatoms. The molecular formula is C26H24Cl2N4O2S. The predicted octanol–water partition coefficient (Wildman–Crippen LogP) is 4.70. The van der Waals surface area contributed by atoms with Gasteiger partial charge < -0.3 is 10.5 Å². The average Bonchev–Trinajstić information content (AvgIpc) is 3.16. The van der Waals surface area contributed by atoms with Gasteiger partial charge in [-0.1, -0.05) is 53.5 Å². The number of fused-ring (bicyclic) bond motifs is 1. The smallest absolute Gasteiger partial charge is 0.198 e. The predicted molar refractivity (Wildman–Crippen MR) is 144 cm³/mol. The number of guanidine groups is 1. The number of hydrogen-bond donors (Lipinski definition) is 1. The molecule has 0 saturated carbocycles. The molecule has 6 nitrogen and oxygen atoms in total. The van der Waals surface area contributed by atoms with Gasteiger partial charge in [0.15, 0.2) is 11.5 Å². The van der Waals surface area contributed by atoms with E-state index in [9.17, 15) is 4.21 Å². The molecule has 0 amide bonds. The second-order valence-electron chi connectivity index (χ2n) is 8.54. The van der Waals surface area contributed by atoms with Gasteiger partial charge in [0.1, 0.15) is 11.6 Å². The molecular weight excluding hydrogens is 503 g/mol. The van der Waals surface area contributed by atoms with Gasteiger partial charge in [0.05, 0.1) is 18.9 Å². The molecule has 2 heterocycles. The molecule has 3 aromatic carbocycles. The lowest BCUT2D eigenvalue weighted by atomic mass is 9.81. The molecule has 0 bridgehead atoms. The van der Waals surface area contributed by atoms with Crippen molar-refractivity contribution in [3.63, 3.8) is 0 Å². The van der Waals surface area contributed by atoms with Crippen molar-refractivity contribution in [2.45, 2.75) is 10.8 Å². The van der Waals surface area contributed by atoms with Crippen LogP contribution in [0.5, 0.6) is 5.75 Å². The highest BCUT2D eigenvalue weighted by molar-refractivity contribution is 7.85. The molecule has 2 aliphatic heterocycles. The highest BCUT2D eigenvalue weighted by Crippen LogP contribution is 2.43. The van der Waals surface area contributed by atoms with E-state index in [2.05, 4.69) is 6.07 Å². The van der Waals surface area contributed by atoms with Crippen molar-refractivity contribution in [2.24, 2.45) is 15.7 Å². The number of aliphatic imine (C=N–C) groups is 2. The van der Waals surface area contributed by atoms with Crippen molar-refractivity contribution in [3.8, 4) is 16.9 Å². The third kappa shape index (κ3) is 4.22. The summed E-state index contributed by atoms with van der Waals surface area (Å²) >= 11 is 12.6. The van der Waals surface area contributed by atoms with Gasteiger partial charge in [-0.25, -0.2) is 4.99 Å². The fourth-order valence-electron chi connectivity index (χ4n) is 4.66. The molecule has 3 aromatic rings. The lowest BCUT2D eigenvalue weighted by Gasteiger charge is -2.35. The number of nitrogens with zero attached hydrogens (tertiary/aromatic N) is 3. The summed E-state index contributed by atoms with van der Waals surface area (Å²) < 4.78 is 17.6. The van der Waals surface area contributed by atoms with Gasteiger partial charge in [-0.2, -0.15) is 0 Å². The molecule has 35 heavy (non-hydrogen) atoms. The fourth-order valence-corrected chi connectivity index (χ4v) is 5.83. The summed E-state index contributed by atoms with van der Waals surface area (Å²) in [5.41, 5.74) is 9.16. The Bertz CT molecular complexity index is 1360. The first kappa shape index (κ1) is 23.9. The summed E-state index contributed by atoms with van der Waals surface area (Å²) in [5.74, 6) is 1.82. The summed E-state index contributed by atoms with van der Waals surface area (Å²) in [6, 6.07) is 21.3. The van der Waals surface area contributed by atoms with Crippen LogP contribution in [-0.2, 0) is 16.3 Å². The number of amidine groups is 1. The summed E-state index contributed by atoms with van der Waals surface area (Å²) in [7, 11) is 0.604. The highest BCUT2D eigenvalue weighted by Gasteiger charge is 2.50. The molecule has 0 fully saturated rings. The molecule has 0 aliphatic carbocycles. The van der Waals surface area contributed by atoms with Crippen molar-refractivity contribution in [2.75, 3.05) is 26.5 Å². The molecule has 0 spiro atoms. The van der Waals surface area contributed by atoms with Gasteiger partial charge in [0.25, 0.3) is 0 Å². The van der Waals surface area contributed by atoms with Crippen LogP contribution in [0.25, 0.3) is 11.1 Å². The van der Waals surface area contributed by atoms with E-state index in [1.165, 1.54) is 0 Å². The Morgan fingerprint density at radius 1 is 1.03 bits per heavy atom. The topological polar surface area (TPSA) is 80.3 Å². The Labute approximate surface area is 216 Å². The lowest BCUT2D eigenvalue weighted by molar-refractivity contribution is 0.414. The van der Waals surface area contributed by atoms with Crippen molar-refractivity contribution in [1.82, 2.24) is 4.90 Å². The Hall–Kier alpha value is -2.87. The van der Waals surface area contributed by atoms with Crippen LogP contribution in [0.3, 0.4) is 0 Å². The Morgan fingerprint density at radius 3 is 2.40 bits per heavy atom. The quantitative estimate of drug-likeness (QED) is 0.522. The van der Waals surface area contributed by atoms with E-state index in [1.54, 1.807) is 19.4 Å². The van der Waals surface area contributed by atoms with Gasteiger partial charge in [-0.05, 0) is 58.7 Å². The lowest BCUT2D eigenvalue weighted by Crippen LogP contribution is -2.51. The van der Waals surface area contributed by atoms with E-state index in [0.717, 1.165) is 33.8 Å². The van der Waals surface area contributed by atoms with Gasteiger partial charge in [0, 0.05) is 33.6 Å². The van der Waals surface area contributed by atoms with E-state index in [-0.39, 0.29) is 5.25 Å². The van der Waals surface area contributed by atoms with Crippen LogP contribution in [0.4, 0.5) is 0 Å². The SMILES string of the molecule is COc1ccc(C2(c3cccc(-c4cc(Cl)cc(Cl)c4)c3)N=C(N)N3CC(S(C)=O)CN=C32)cc1.